The lowest BCUT2D eigenvalue weighted by atomic mass is 10.1. The van der Waals surface area contributed by atoms with Crippen molar-refractivity contribution in [2.24, 2.45) is 10.2 Å². The van der Waals surface area contributed by atoms with Crippen LogP contribution < -0.4 is 10.1 Å². The van der Waals surface area contributed by atoms with E-state index in [2.05, 4.69) is 15.5 Å². The van der Waals surface area contributed by atoms with Gasteiger partial charge in [0.1, 0.15) is 5.75 Å². The lowest BCUT2D eigenvalue weighted by Crippen LogP contribution is -2.25. The van der Waals surface area contributed by atoms with Gasteiger partial charge in [0.2, 0.25) is 5.91 Å². The van der Waals surface area contributed by atoms with Gasteiger partial charge in [0, 0.05) is 12.1 Å². The van der Waals surface area contributed by atoms with Gasteiger partial charge in [-0.05, 0) is 41.8 Å². The van der Waals surface area contributed by atoms with Gasteiger partial charge in [0.15, 0.2) is 5.17 Å². The highest BCUT2D eigenvalue weighted by atomic mass is 32.2. The number of nitro groups is 1. The van der Waals surface area contributed by atoms with E-state index in [-0.39, 0.29) is 16.8 Å². The summed E-state index contributed by atoms with van der Waals surface area (Å²) in [5.74, 6) is 0.658. The average Bonchev–Trinajstić information content (AvgIpc) is 3.02. The molecule has 1 saturated heterocycles. The molecule has 1 fully saturated rings. The second-order valence-corrected chi connectivity index (χ2v) is 6.84. The van der Waals surface area contributed by atoms with Crippen molar-refractivity contribution in [1.82, 2.24) is 5.32 Å². The first-order chi connectivity index (χ1) is 13.0. The fourth-order valence-corrected chi connectivity index (χ4v) is 3.36. The lowest BCUT2D eigenvalue weighted by Gasteiger charge is -2.06. The minimum atomic E-state index is -0.463. The summed E-state index contributed by atoms with van der Waals surface area (Å²) >= 11 is 1.32. The zero-order valence-electron chi connectivity index (χ0n) is 14.4. The minimum Gasteiger partial charge on any atom is -0.497 e. The highest BCUT2D eigenvalue weighted by Crippen LogP contribution is 2.24. The molecule has 9 heteroatoms. The third-order valence-corrected chi connectivity index (χ3v) is 4.89. The molecule has 8 nitrogen and oxygen atoms in total. The molecule has 0 aliphatic carbocycles. The van der Waals surface area contributed by atoms with Crippen molar-refractivity contribution in [1.29, 1.82) is 0 Å². The van der Waals surface area contributed by atoms with Gasteiger partial charge in [-0.15, -0.1) is 5.10 Å². The SMILES string of the molecule is COc1ccc(C[C@@H]2S/C(=N/N=C\c3ccc([N+](=O)[O-])cc3)NC2=O)cc1. The summed E-state index contributed by atoms with van der Waals surface area (Å²) in [6.45, 7) is 0. The molecule has 27 heavy (non-hydrogen) atoms. The van der Waals surface area contributed by atoms with Gasteiger partial charge in [-0.2, -0.15) is 5.10 Å². The van der Waals surface area contributed by atoms with Crippen molar-refractivity contribution in [2.75, 3.05) is 7.11 Å². The number of nitrogens with one attached hydrogen (secondary N) is 1. The molecule has 138 valence electrons. The Labute approximate surface area is 159 Å². The van der Waals surface area contributed by atoms with Gasteiger partial charge in [-0.3, -0.25) is 14.9 Å². The first kappa shape index (κ1) is 18.6. The van der Waals surface area contributed by atoms with Gasteiger partial charge in [-0.1, -0.05) is 23.9 Å². The van der Waals surface area contributed by atoms with E-state index in [1.807, 2.05) is 24.3 Å². The summed E-state index contributed by atoms with van der Waals surface area (Å²) in [6, 6.07) is 13.5. The number of hydrogen-bond acceptors (Lipinski definition) is 7. The van der Waals surface area contributed by atoms with Crippen LogP contribution in [0.5, 0.6) is 5.75 Å². The molecule has 2 aromatic rings. The number of carbonyl (C=O) groups is 1. The maximum atomic E-state index is 12.1. The van der Waals surface area contributed by atoms with E-state index in [1.54, 1.807) is 19.2 Å². The minimum absolute atomic E-state index is 0.0125. The van der Waals surface area contributed by atoms with E-state index < -0.39 is 4.92 Å². The Bertz CT molecular complexity index is 895. The van der Waals surface area contributed by atoms with Gasteiger partial charge in [-0.25, -0.2) is 0 Å². The molecule has 1 aliphatic rings. The molecule has 1 amide bonds. The summed E-state index contributed by atoms with van der Waals surface area (Å²) in [5.41, 5.74) is 1.71. The quantitative estimate of drug-likeness (QED) is 0.468. The van der Waals surface area contributed by atoms with Gasteiger partial charge in [0.25, 0.3) is 5.69 Å². The van der Waals surface area contributed by atoms with E-state index in [1.165, 1.54) is 30.1 Å². The summed E-state index contributed by atoms with van der Waals surface area (Å²) in [5, 5.41) is 21.4. The predicted molar refractivity (Wildman–Crippen MR) is 104 cm³/mol. The molecule has 0 bridgehead atoms. The van der Waals surface area contributed by atoms with E-state index in [0.717, 1.165) is 11.3 Å². The normalized spacial score (nSPS) is 18.0. The number of hydrogen-bond donors (Lipinski definition) is 1. The maximum absolute atomic E-state index is 12.1. The largest absolute Gasteiger partial charge is 0.497 e. The Balaban J connectivity index is 1.59. The topological polar surface area (TPSA) is 106 Å². The number of nitrogens with zero attached hydrogens (tertiary/aromatic N) is 3. The molecule has 1 heterocycles. The number of benzene rings is 2. The third-order valence-electron chi connectivity index (χ3n) is 3.82. The predicted octanol–water partition coefficient (Wildman–Crippen LogP) is 2.77. The number of methoxy groups -OCH3 is 1. The monoisotopic (exact) mass is 384 g/mol. The Kier molecular flexibility index (Phi) is 5.82. The average molecular weight is 384 g/mol. The molecule has 3 rings (SSSR count). The van der Waals surface area contributed by atoms with Crippen LogP contribution in [0.1, 0.15) is 11.1 Å². The fourth-order valence-electron chi connectivity index (χ4n) is 2.39. The molecule has 1 aliphatic heterocycles. The number of thioether (sulfide) groups is 1. The van der Waals surface area contributed by atoms with E-state index in [0.29, 0.717) is 17.2 Å². The van der Waals surface area contributed by atoms with Gasteiger partial charge < -0.3 is 10.1 Å². The second-order valence-electron chi connectivity index (χ2n) is 5.65. The third kappa shape index (κ3) is 4.91. The highest BCUT2D eigenvalue weighted by Gasteiger charge is 2.30. The number of ether oxygens (including phenoxy) is 1. The van der Waals surface area contributed by atoms with Crippen molar-refractivity contribution >= 4 is 34.7 Å². The van der Waals surface area contributed by atoms with Crippen LogP contribution in [0.3, 0.4) is 0 Å². The van der Waals surface area contributed by atoms with Crippen LogP contribution in [-0.2, 0) is 11.2 Å². The molecule has 0 saturated carbocycles. The number of non-ortho nitro benzene ring substituents is 1. The zero-order valence-corrected chi connectivity index (χ0v) is 15.2. The summed E-state index contributed by atoms with van der Waals surface area (Å²) < 4.78 is 5.12. The Morgan fingerprint density at radius 1 is 1.22 bits per heavy atom. The summed E-state index contributed by atoms with van der Waals surface area (Å²) in [6.07, 6.45) is 2.05. The van der Waals surface area contributed by atoms with Crippen LogP contribution >= 0.6 is 11.8 Å². The molecular weight excluding hydrogens is 368 g/mol. The smallest absolute Gasteiger partial charge is 0.269 e. The standard InChI is InChI=1S/C18H16N4O4S/c1-26-15-8-4-12(5-9-15)10-16-17(23)20-18(27-16)21-19-11-13-2-6-14(7-3-13)22(24)25/h2-9,11,16H,10H2,1H3,(H,20,21,23)/b19-11-/t16-/m0/s1. The molecule has 0 aromatic heterocycles. The highest BCUT2D eigenvalue weighted by molar-refractivity contribution is 8.15. The number of amides is 1. The van der Waals surface area contributed by atoms with Crippen molar-refractivity contribution in [2.45, 2.75) is 11.7 Å². The van der Waals surface area contributed by atoms with Gasteiger partial charge >= 0.3 is 0 Å². The van der Waals surface area contributed by atoms with Gasteiger partial charge in [0.05, 0.1) is 23.5 Å². The maximum Gasteiger partial charge on any atom is 0.269 e. The van der Waals surface area contributed by atoms with Crippen LogP contribution in [0, 0.1) is 10.1 Å². The van der Waals surface area contributed by atoms with E-state index in [9.17, 15) is 14.9 Å². The Hall–Kier alpha value is -3.20. The van der Waals surface area contributed by atoms with Crippen LogP contribution in [0.4, 0.5) is 5.69 Å². The molecule has 0 radical (unpaired) electrons. The summed E-state index contributed by atoms with van der Waals surface area (Å²) in [4.78, 5) is 22.3. The zero-order chi connectivity index (χ0) is 19.2. The van der Waals surface area contributed by atoms with Crippen LogP contribution in [-0.4, -0.2) is 34.6 Å². The number of amidine groups is 1. The summed E-state index contributed by atoms with van der Waals surface area (Å²) in [7, 11) is 1.61. The Morgan fingerprint density at radius 2 is 1.93 bits per heavy atom. The molecular formula is C18H16N4O4S. The van der Waals surface area contributed by atoms with Crippen molar-refractivity contribution < 1.29 is 14.5 Å². The first-order valence-corrected chi connectivity index (χ1v) is 8.89. The van der Waals surface area contributed by atoms with Crippen molar-refractivity contribution in [3.8, 4) is 5.75 Å². The lowest BCUT2D eigenvalue weighted by molar-refractivity contribution is -0.384. The molecule has 1 N–H and O–H groups in total. The van der Waals surface area contributed by atoms with E-state index in [4.69, 9.17) is 4.74 Å². The number of carbonyl (C=O) groups excluding carboxylic acids is 1. The van der Waals surface area contributed by atoms with Crippen molar-refractivity contribution in [3.63, 3.8) is 0 Å². The number of nitro benzene ring substituents is 1. The van der Waals surface area contributed by atoms with E-state index >= 15 is 0 Å². The molecule has 0 unspecified atom stereocenters. The van der Waals surface area contributed by atoms with Crippen molar-refractivity contribution in [3.05, 3.63) is 69.8 Å². The van der Waals surface area contributed by atoms with Crippen LogP contribution in [0.15, 0.2) is 58.7 Å². The molecule has 2 aromatic carbocycles. The first-order valence-electron chi connectivity index (χ1n) is 8.01. The van der Waals surface area contributed by atoms with Crippen LogP contribution in [0.2, 0.25) is 0 Å². The fraction of sp³-hybridized carbons (Fsp3) is 0.167. The Morgan fingerprint density at radius 3 is 2.56 bits per heavy atom. The molecule has 1 atom stereocenters. The number of rotatable bonds is 6. The van der Waals surface area contributed by atoms with Crippen LogP contribution in [0.25, 0.3) is 0 Å². The second kappa shape index (κ2) is 8.45. The molecule has 0 spiro atoms.